The lowest BCUT2D eigenvalue weighted by atomic mass is 9.73. The highest BCUT2D eigenvalue weighted by molar-refractivity contribution is 6.45. The van der Waals surface area contributed by atoms with Crippen molar-refractivity contribution >= 4 is 29.0 Å². The maximum Gasteiger partial charge on any atom is 0.166 e. The van der Waals surface area contributed by atoms with E-state index in [0.29, 0.717) is 34.8 Å². The van der Waals surface area contributed by atoms with E-state index < -0.39 is 0 Å². The molecule has 3 aliphatic carbocycles. The summed E-state index contributed by atoms with van der Waals surface area (Å²) in [4.78, 5) is 13.4. The fourth-order valence-corrected chi connectivity index (χ4v) is 6.31. The molecule has 5 heteroatoms. The van der Waals surface area contributed by atoms with E-state index >= 15 is 0 Å². The van der Waals surface area contributed by atoms with Crippen LogP contribution in [0.5, 0.6) is 0 Å². The number of carbonyl (C=O) groups is 1. The third-order valence-corrected chi connectivity index (χ3v) is 8.32. The summed E-state index contributed by atoms with van der Waals surface area (Å²) in [7, 11) is 0. The number of ketones is 1. The quantitative estimate of drug-likeness (QED) is 0.479. The summed E-state index contributed by atoms with van der Waals surface area (Å²) in [6.07, 6.45) is 10.3. The Bertz CT molecular complexity index is 1060. The fourth-order valence-electron chi connectivity index (χ4n) is 5.73. The molecule has 1 heterocycles. The number of aromatic nitrogens is 1. The lowest BCUT2D eigenvalue weighted by Gasteiger charge is -2.29. The maximum atomic E-state index is 13.4. The van der Waals surface area contributed by atoms with Crippen LogP contribution in [0.2, 0.25) is 0 Å². The summed E-state index contributed by atoms with van der Waals surface area (Å²) in [6.45, 7) is 2.56. The first-order chi connectivity index (χ1) is 15.0. The summed E-state index contributed by atoms with van der Waals surface area (Å²) < 4.78 is 8.24. The van der Waals surface area contributed by atoms with Crippen molar-refractivity contribution in [3.8, 4) is 5.69 Å². The van der Waals surface area contributed by atoms with E-state index in [0.717, 1.165) is 36.1 Å². The minimum atomic E-state index is -0.311. The molecule has 2 aromatic rings. The summed E-state index contributed by atoms with van der Waals surface area (Å²) in [6, 6.07) is 12.3. The van der Waals surface area contributed by atoms with Gasteiger partial charge in [-0.05, 0) is 60.9 Å². The zero-order valence-corrected chi connectivity index (χ0v) is 19.3. The number of Topliss-reactive ketones (excluding diaryl/α,β-unsaturated/α-hetero) is 1. The number of hydrogen-bond donors (Lipinski definition) is 0. The van der Waals surface area contributed by atoms with Gasteiger partial charge in [-0.25, -0.2) is 0 Å². The molecule has 0 N–H and O–H groups in total. The fraction of sp³-hybridized carbons (Fsp3) is 0.423. The molecule has 0 bridgehead atoms. The topological polar surface area (TPSA) is 31.2 Å². The Morgan fingerprint density at radius 2 is 1.84 bits per heavy atom. The summed E-state index contributed by atoms with van der Waals surface area (Å²) >= 11 is 13.3. The summed E-state index contributed by atoms with van der Waals surface area (Å²) in [5.74, 6) is 1.48. The number of carbonyl (C=O) groups excluding carboxylic acids is 1. The Labute approximate surface area is 193 Å². The van der Waals surface area contributed by atoms with Gasteiger partial charge in [-0.2, -0.15) is 0 Å². The van der Waals surface area contributed by atoms with Crippen molar-refractivity contribution in [1.82, 2.24) is 4.57 Å². The van der Waals surface area contributed by atoms with Gasteiger partial charge >= 0.3 is 0 Å². The smallest absolute Gasteiger partial charge is 0.166 e. The number of nitrogens with zero attached hydrogens (tertiary/aromatic N) is 1. The van der Waals surface area contributed by atoms with Gasteiger partial charge in [0.1, 0.15) is 12.4 Å². The van der Waals surface area contributed by atoms with Gasteiger partial charge in [0.15, 0.2) is 5.78 Å². The van der Waals surface area contributed by atoms with E-state index in [4.69, 9.17) is 27.9 Å². The van der Waals surface area contributed by atoms with Crippen molar-refractivity contribution in [3.63, 3.8) is 0 Å². The molecule has 2 fully saturated rings. The Kier molecular flexibility index (Phi) is 5.52. The van der Waals surface area contributed by atoms with Gasteiger partial charge in [-0.15, -0.1) is 0 Å². The zero-order chi connectivity index (χ0) is 21.6. The SMILES string of the molecule is CC1(C2CCCC2)CC2CC(OCc3cccc(-n4cccc4)c3)=C(Cl)C(Cl)=C2C1=O. The van der Waals surface area contributed by atoms with Gasteiger partial charge < -0.3 is 9.30 Å². The highest BCUT2D eigenvalue weighted by atomic mass is 35.5. The van der Waals surface area contributed by atoms with Crippen LogP contribution < -0.4 is 0 Å². The van der Waals surface area contributed by atoms with Crippen LogP contribution in [0, 0.1) is 17.3 Å². The van der Waals surface area contributed by atoms with Gasteiger partial charge in [0.25, 0.3) is 0 Å². The first-order valence-electron chi connectivity index (χ1n) is 11.2. The second kappa shape index (κ2) is 8.18. The summed E-state index contributed by atoms with van der Waals surface area (Å²) in [5, 5.41) is 0.805. The third-order valence-electron chi connectivity index (χ3n) is 7.43. The van der Waals surface area contributed by atoms with Crippen LogP contribution in [0.15, 0.2) is 70.2 Å². The van der Waals surface area contributed by atoms with Gasteiger partial charge in [0, 0.05) is 35.5 Å². The number of ether oxygens (including phenoxy) is 1. The highest BCUT2D eigenvalue weighted by Crippen LogP contribution is 2.57. The number of rotatable bonds is 5. The number of fused-ring (bicyclic) bond motifs is 1. The molecule has 0 saturated heterocycles. The molecule has 5 rings (SSSR count). The van der Waals surface area contributed by atoms with E-state index in [1.165, 1.54) is 12.8 Å². The molecule has 1 aromatic carbocycles. The Morgan fingerprint density at radius 1 is 1.10 bits per heavy atom. The van der Waals surface area contributed by atoms with Crippen LogP contribution in [0.3, 0.4) is 0 Å². The normalized spacial score (nSPS) is 26.7. The molecule has 3 aliphatic rings. The average molecular weight is 456 g/mol. The van der Waals surface area contributed by atoms with Crippen molar-refractivity contribution < 1.29 is 9.53 Å². The monoisotopic (exact) mass is 455 g/mol. The molecule has 0 amide bonds. The van der Waals surface area contributed by atoms with E-state index in [1.54, 1.807) is 0 Å². The molecule has 2 atom stereocenters. The lowest BCUT2D eigenvalue weighted by Crippen LogP contribution is -2.30. The predicted molar refractivity (Wildman–Crippen MR) is 124 cm³/mol. The number of allylic oxidation sites excluding steroid dienone is 4. The third kappa shape index (κ3) is 3.66. The molecule has 162 valence electrons. The van der Waals surface area contributed by atoms with E-state index in [2.05, 4.69) is 23.6 Å². The molecule has 0 aliphatic heterocycles. The van der Waals surface area contributed by atoms with Gasteiger partial charge in [0.05, 0.1) is 10.1 Å². The Balaban J connectivity index is 1.34. The molecule has 1 aromatic heterocycles. The molecule has 0 radical (unpaired) electrons. The predicted octanol–water partition coefficient (Wildman–Crippen LogP) is 7.13. The molecular formula is C26H27Cl2NO2. The van der Waals surface area contributed by atoms with Crippen LogP contribution in [-0.2, 0) is 16.1 Å². The standard InChI is InChI=1S/C26H27Cl2NO2/c1-26(19-8-2-3-9-19)15-18-14-21(23(27)24(28)22(18)25(26)30)31-16-17-7-6-10-20(13-17)29-11-4-5-12-29/h4-7,10-13,18-19H,2-3,8-9,14-16H2,1H3. The highest BCUT2D eigenvalue weighted by Gasteiger charge is 2.53. The molecule has 31 heavy (non-hydrogen) atoms. The van der Waals surface area contributed by atoms with E-state index in [9.17, 15) is 4.79 Å². The van der Waals surface area contributed by atoms with Crippen molar-refractivity contribution in [2.24, 2.45) is 17.3 Å². The molecule has 2 unspecified atom stereocenters. The van der Waals surface area contributed by atoms with Crippen molar-refractivity contribution in [2.45, 2.75) is 52.1 Å². The molecule has 2 saturated carbocycles. The van der Waals surface area contributed by atoms with Crippen molar-refractivity contribution in [2.75, 3.05) is 0 Å². The van der Waals surface area contributed by atoms with Crippen LogP contribution in [0.25, 0.3) is 5.69 Å². The average Bonchev–Trinajstić information content (AvgIpc) is 3.52. The van der Waals surface area contributed by atoms with Crippen LogP contribution in [-0.4, -0.2) is 10.4 Å². The maximum absolute atomic E-state index is 13.4. The Hall–Kier alpha value is -1.97. The minimum absolute atomic E-state index is 0.106. The van der Waals surface area contributed by atoms with E-state index in [-0.39, 0.29) is 17.1 Å². The number of hydrogen-bond acceptors (Lipinski definition) is 2. The second-order valence-electron chi connectivity index (χ2n) is 9.35. The minimum Gasteiger partial charge on any atom is -0.492 e. The van der Waals surface area contributed by atoms with Crippen molar-refractivity contribution in [3.05, 3.63) is 75.8 Å². The number of halogens is 2. The Morgan fingerprint density at radius 3 is 2.58 bits per heavy atom. The van der Waals surface area contributed by atoms with Crippen LogP contribution in [0.1, 0.15) is 51.0 Å². The second-order valence-corrected chi connectivity index (χ2v) is 10.1. The molecular weight excluding hydrogens is 429 g/mol. The molecule has 0 spiro atoms. The first kappa shape index (κ1) is 20.9. The van der Waals surface area contributed by atoms with E-state index in [1.807, 2.05) is 36.7 Å². The largest absolute Gasteiger partial charge is 0.492 e. The van der Waals surface area contributed by atoms with Gasteiger partial charge in [-0.3, -0.25) is 4.79 Å². The lowest BCUT2D eigenvalue weighted by molar-refractivity contribution is -0.124. The van der Waals surface area contributed by atoms with Gasteiger partial charge in [0.2, 0.25) is 0 Å². The van der Waals surface area contributed by atoms with Gasteiger partial charge in [-0.1, -0.05) is 55.1 Å². The summed E-state index contributed by atoms with van der Waals surface area (Å²) in [5.41, 5.74) is 2.58. The number of benzene rings is 1. The van der Waals surface area contributed by atoms with Crippen LogP contribution >= 0.6 is 23.2 Å². The van der Waals surface area contributed by atoms with Crippen LogP contribution in [0.4, 0.5) is 0 Å². The van der Waals surface area contributed by atoms with Crippen molar-refractivity contribution in [1.29, 1.82) is 0 Å². The molecule has 3 nitrogen and oxygen atoms in total. The first-order valence-corrected chi connectivity index (χ1v) is 11.9. The zero-order valence-electron chi connectivity index (χ0n) is 17.7.